The van der Waals surface area contributed by atoms with Crippen LogP contribution in [0, 0.1) is 5.92 Å². The molecule has 0 saturated carbocycles. The third kappa shape index (κ3) is 8.06. The minimum atomic E-state index is -0.880. The molecule has 9 nitrogen and oxygen atoms in total. The van der Waals surface area contributed by atoms with Gasteiger partial charge < -0.3 is 39.8 Å². The number of rotatable bonds is 7. The van der Waals surface area contributed by atoms with Crippen molar-refractivity contribution in [3.8, 4) is 40.1 Å². The molecular formula is C35H40O9S2. The monoisotopic (exact) mass is 668 g/mol. The molecule has 0 aliphatic carbocycles. The summed E-state index contributed by atoms with van der Waals surface area (Å²) in [4.78, 5) is 13.8. The Kier molecular flexibility index (Phi) is 11.0. The fourth-order valence-electron chi connectivity index (χ4n) is 5.71. The molecule has 1 aliphatic rings. The van der Waals surface area contributed by atoms with E-state index in [0.717, 1.165) is 17.7 Å². The molecule has 11 heteroatoms. The zero-order valence-corrected chi connectivity index (χ0v) is 27.4. The minimum absolute atomic E-state index is 0.0280. The van der Waals surface area contributed by atoms with Gasteiger partial charge in [-0.25, -0.2) is 0 Å². The number of fused-ring (bicyclic) bond motifs is 1. The zero-order valence-electron chi connectivity index (χ0n) is 25.8. The SMILES string of the molecule is CC(C)Cc1cc(-c2oc3cc(O)cc(OC4CCC(O)CSSCCCC4O)c3c(=O)c2O)cc(Cc2cccc(O)c2)c1O. The van der Waals surface area contributed by atoms with E-state index in [2.05, 4.69) is 0 Å². The maximum atomic E-state index is 13.8. The molecule has 5 rings (SSSR count). The van der Waals surface area contributed by atoms with Crippen molar-refractivity contribution >= 4 is 32.6 Å². The van der Waals surface area contributed by atoms with E-state index < -0.39 is 29.5 Å². The van der Waals surface area contributed by atoms with Gasteiger partial charge in [-0.05, 0) is 79.0 Å². The molecule has 1 aromatic heterocycles. The van der Waals surface area contributed by atoms with Crippen molar-refractivity contribution in [1.82, 2.24) is 0 Å². The molecule has 246 valence electrons. The average Bonchev–Trinajstić information content (AvgIpc) is 3.03. The van der Waals surface area contributed by atoms with Crippen LogP contribution in [0.5, 0.6) is 28.7 Å². The second-order valence-electron chi connectivity index (χ2n) is 12.2. The van der Waals surface area contributed by atoms with Gasteiger partial charge in [-0.3, -0.25) is 4.79 Å². The number of phenols is 3. The molecule has 4 aromatic rings. The molecule has 0 spiro atoms. The number of hydrogen-bond donors (Lipinski definition) is 6. The van der Waals surface area contributed by atoms with Gasteiger partial charge in [0.15, 0.2) is 5.76 Å². The molecule has 3 unspecified atom stereocenters. The van der Waals surface area contributed by atoms with E-state index in [0.29, 0.717) is 48.1 Å². The molecule has 2 heterocycles. The van der Waals surface area contributed by atoms with Crippen molar-refractivity contribution < 1.29 is 39.8 Å². The third-order valence-corrected chi connectivity index (χ3v) is 10.5. The quantitative estimate of drug-likeness (QED) is 0.119. The van der Waals surface area contributed by atoms with Crippen LogP contribution in [0.3, 0.4) is 0 Å². The molecular weight excluding hydrogens is 629 g/mol. The van der Waals surface area contributed by atoms with E-state index in [1.165, 1.54) is 12.1 Å². The summed E-state index contributed by atoms with van der Waals surface area (Å²) < 4.78 is 12.3. The Balaban J connectivity index is 1.58. The Labute approximate surface area is 275 Å². The fraction of sp³-hybridized carbons (Fsp3) is 0.400. The number of ether oxygens (including phenoxy) is 1. The van der Waals surface area contributed by atoms with Gasteiger partial charge in [0.25, 0.3) is 0 Å². The van der Waals surface area contributed by atoms with Gasteiger partial charge in [0.2, 0.25) is 11.2 Å². The van der Waals surface area contributed by atoms with Crippen LogP contribution in [0.4, 0.5) is 0 Å². The lowest BCUT2D eigenvalue weighted by Gasteiger charge is -2.25. The first-order chi connectivity index (χ1) is 22.0. The standard InChI is InChI=1S/C35H40O9S2/c1-19(2)11-21-14-23(15-22(32(21)40)12-20-5-3-6-24(36)13-20)35-34(42)33(41)31-29(16-26(38)17-30(31)44-35)43-28-9-8-25(37)18-46-45-10-4-7-27(28)39/h3,5-6,13-17,19,25,27-28,36-40,42H,4,7-12,18H2,1-2H3. The highest BCUT2D eigenvalue weighted by Crippen LogP contribution is 2.40. The van der Waals surface area contributed by atoms with Crippen LogP contribution in [0.1, 0.15) is 56.2 Å². The molecule has 0 bridgehead atoms. The van der Waals surface area contributed by atoms with Gasteiger partial charge in [-0.15, -0.1) is 0 Å². The molecule has 1 aliphatic heterocycles. The van der Waals surface area contributed by atoms with Gasteiger partial charge in [0.1, 0.15) is 40.1 Å². The van der Waals surface area contributed by atoms with Crippen molar-refractivity contribution in [1.29, 1.82) is 0 Å². The van der Waals surface area contributed by atoms with E-state index in [4.69, 9.17) is 9.15 Å². The Hall–Kier alpha value is -3.51. The number of aliphatic hydroxyl groups is 2. The largest absolute Gasteiger partial charge is 0.508 e. The van der Waals surface area contributed by atoms with Gasteiger partial charge >= 0.3 is 0 Å². The molecule has 0 radical (unpaired) electrons. The van der Waals surface area contributed by atoms with Gasteiger partial charge in [0.05, 0.1) is 12.2 Å². The Morgan fingerprint density at radius 1 is 0.913 bits per heavy atom. The van der Waals surface area contributed by atoms with E-state index in [1.54, 1.807) is 51.9 Å². The van der Waals surface area contributed by atoms with Crippen LogP contribution in [0.2, 0.25) is 0 Å². The van der Waals surface area contributed by atoms with E-state index >= 15 is 0 Å². The number of phenolic OH excluding ortho intramolecular Hbond substituents is 3. The smallest absolute Gasteiger partial charge is 0.238 e. The van der Waals surface area contributed by atoms with Crippen molar-refractivity contribution in [3.05, 3.63) is 75.4 Å². The highest BCUT2D eigenvalue weighted by Gasteiger charge is 2.27. The summed E-state index contributed by atoms with van der Waals surface area (Å²) in [7, 11) is 3.24. The van der Waals surface area contributed by atoms with Crippen molar-refractivity contribution in [2.45, 2.75) is 70.7 Å². The summed E-state index contributed by atoms with van der Waals surface area (Å²) in [6.45, 7) is 4.02. The van der Waals surface area contributed by atoms with Crippen molar-refractivity contribution in [2.75, 3.05) is 11.5 Å². The van der Waals surface area contributed by atoms with Crippen molar-refractivity contribution in [2.24, 2.45) is 5.92 Å². The summed E-state index contributed by atoms with van der Waals surface area (Å²) in [6.07, 6.45) is 0.426. The van der Waals surface area contributed by atoms with Crippen LogP contribution in [-0.2, 0) is 12.8 Å². The van der Waals surface area contributed by atoms with Crippen LogP contribution >= 0.6 is 21.6 Å². The van der Waals surface area contributed by atoms with E-state index in [9.17, 15) is 35.4 Å². The first-order valence-electron chi connectivity index (χ1n) is 15.4. The Morgan fingerprint density at radius 2 is 1.70 bits per heavy atom. The van der Waals surface area contributed by atoms with Gasteiger partial charge in [-0.2, -0.15) is 0 Å². The predicted molar refractivity (Wildman–Crippen MR) is 182 cm³/mol. The first kappa shape index (κ1) is 33.8. The Morgan fingerprint density at radius 3 is 2.46 bits per heavy atom. The number of aliphatic hydroxyl groups excluding tert-OH is 2. The zero-order chi connectivity index (χ0) is 33.0. The lowest BCUT2D eigenvalue weighted by Crippen LogP contribution is -2.33. The lowest BCUT2D eigenvalue weighted by atomic mass is 9.93. The second-order valence-corrected chi connectivity index (χ2v) is 14.8. The molecule has 46 heavy (non-hydrogen) atoms. The molecule has 0 amide bonds. The maximum Gasteiger partial charge on any atom is 0.238 e. The lowest BCUT2D eigenvalue weighted by molar-refractivity contribution is 0.0190. The van der Waals surface area contributed by atoms with E-state index in [-0.39, 0.29) is 52.1 Å². The van der Waals surface area contributed by atoms with Crippen LogP contribution in [-0.4, -0.2) is 60.5 Å². The molecule has 3 atom stereocenters. The van der Waals surface area contributed by atoms with Crippen LogP contribution < -0.4 is 10.2 Å². The summed E-state index contributed by atoms with van der Waals surface area (Å²) in [5.74, 6) is 0.633. The fourth-order valence-corrected chi connectivity index (χ4v) is 8.00. The number of hydrogen-bond acceptors (Lipinski definition) is 11. The topological polar surface area (TPSA) is 161 Å². The van der Waals surface area contributed by atoms with Crippen LogP contribution in [0.15, 0.2) is 57.7 Å². The summed E-state index contributed by atoms with van der Waals surface area (Å²) in [5.41, 5.74) is 1.42. The average molecular weight is 669 g/mol. The molecule has 1 fully saturated rings. The Bertz CT molecular complexity index is 1740. The number of aromatic hydroxyl groups is 4. The highest BCUT2D eigenvalue weighted by molar-refractivity contribution is 8.76. The summed E-state index contributed by atoms with van der Waals surface area (Å²) in [6, 6.07) is 12.5. The first-order valence-corrected chi connectivity index (χ1v) is 17.9. The highest BCUT2D eigenvalue weighted by atomic mass is 33.1. The van der Waals surface area contributed by atoms with Gasteiger partial charge in [0, 0.05) is 35.6 Å². The van der Waals surface area contributed by atoms with E-state index in [1.807, 2.05) is 19.9 Å². The normalized spacial score (nSPS) is 19.6. The second kappa shape index (κ2) is 14.9. The van der Waals surface area contributed by atoms with Gasteiger partial charge in [-0.1, -0.05) is 47.6 Å². The molecule has 3 aromatic carbocycles. The summed E-state index contributed by atoms with van der Waals surface area (Å²) in [5, 5.41) is 64.3. The number of benzene rings is 3. The maximum absolute atomic E-state index is 13.8. The predicted octanol–water partition coefficient (Wildman–Crippen LogP) is 6.50. The van der Waals surface area contributed by atoms with Crippen molar-refractivity contribution in [3.63, 3.8) is 0 Å². The molecule has 1 saturated heterocycles. The molecule has 6 N–H and O–H groups in total. The minimum Gasteiger partial charge on any atom is -0.508 e. The third-order valence-electron chi connectivity index (χ3n) is 7.95. The van der Waals surface area contributed by atoms with Crippen LogP contribution in [0.25, 0.3) is 22.3 Å². The summed E-state index contributed by atoms with van der Waals surface area (Å²) >= 11 is 0.